The van der Waals surface area contributed by atoms with E-state index in [-0.39, 0.29) is 5.41 Å². The second-order valence-corrected chi connectivity index (χ2v) is 19.5. The highest BCUT2D eigenvalue weighted by molar-refractivity contribution is 7.14. The summed E-state index contributed by atoms with van der Waals surface area (Å²) in [6.45, 7) is 7.68. The Bertz CT molecular complexity index is 2290. The van der Waals surface area contributed by atoms with Crippen molar-refractivity contribution in [2.45, 2.75) is 116 Å². The summed E-state index contributed by atoms with van der Waals surface area (Å²) in [5, 5.41) is 3.44. The molecule has 6 heteroatoms. The van der Waals surface area contributed by atoms with Gasteiger partial charge in [0, 0.05) is 45.7 Å². The van der Waals surface area contributed by atoms with Crippen molar-refractivity contribution in [3.8, 4) is 16.6 Å². The van der Waals surface area contributed by atoms with Crippen LogP contribution >= 0.6 is 11.3 Å². The summed E-state index contributed by atoms with van der Waals surface area (Å²) in [7, 11) is 0. The first kappa shape index (κ1) is 36.1. The molecular weight excluding hydrogens is 705 g/mol. The Morgan fingerprint density at radius 2 is 1.29 bits per heavy atom. The molecule has 2 atom stereocenters. The van der Waals surface area contributed by atoms with Gasteiger partial charge in [-0.2, -0.15) is 0 Å². The van der Waals surface area contributed by atoms with Gasteiger partial charge in [-0.25, -0.2) is 4.98 Å². The minimum atomic E-state index is 0.0471. The van der Waals surface area contributed by atoms with Crippen LogP contribution in [-0.2, 0) is 5.41 Å². The Morgan fingerprint density at radius 3 is 2.00 bits per heavy atom. The number of aromatic nitrogens is 2. The van der Waals surface area contributed by atoms with E-state index in [4.69, 9.17) is 9.72 Å². The fourth-order valence-corrected chi connectivity index (χ4v) is 12.4. The number of rotatable bonds is 7. The lowest BCUT2D eigenvalue weighted by Crippen LogP contribution is -2.53. The number of nitrogens with zero attached hydrogens (tertiary/aromatic N) is 4. The Kier molecular flexibility index (Phi) is 9.60. The number of ether oxygens (including phenoxy) is 1. The first-order valence-electron chi connectivity index (χ1n) is 21.8. The van der Waals surface area contributed by atoms with Crippen LogP contribution in [0.2, 0.25) is 0 Å². The largest absolute Gasteiger partial charge is 0.457 e. The number of hydrogen-bond donors (Lipinski definition) is 0. The molecule has 3 fully saturated rings. The van der Waals surface area contributed by atoms with Crippen molar-refractivity contribution in [1.82, 2.24) is 9.55 Å². The van der Waals surface area contributed by atoms with Gasteiger partial charge in [0.25, 0.3) is 0 Å². The highest BCUT2D eigenvalue weighted by atomic mass is 32.1. The van der Waals surface area contributed by atoms with Crippen molar-refractivity contribution >= 4 is 50.2 Å². The molecule has 3 heterocycles. The molecule has 290 valence electrons. The maximum Gasteiger partial charge on any atom is 0.194 e. The third kappa shape index (κ3) is 6.60. The van der Waals surface area contributed by atoms with E-state index in [0.717, 1.165) is 52.5 Å². The molecule has 0 N–H and O–H groups in total. The van der Waals surface area contributed by atoms with E-state index < -0.39 is 0 Å². The van der Waals surface area contributed by atoms with E-state index in [2.05, 4.69) is 126 Å². The number of para-hydroxylation sites is 3. The lowest BCUT2D eigenvalue weighted by Gasteiger charge is -2.51. The van der Waals surface area contributed by atoms with E-state index in [1.807, 2.05) is 6.20 Å². The predicted octanol–water partition coefficient (Wildman–Crippen LogP) is 14.2. The summed E-state index contributed by atoms with van der Waals surface area (Å²) in [6.07, 6.45) is 20.6. The second kappa shape index (κ2) is 14.9. The summed E-state index contributed by atoms with van der Waals surface area (Å²) in [5.74, 6) is 5.06. The SMILES string of the molecule is CC(C)(C)c1cnc(-n2c3ccccc3c3ccc(Oc4cccc(N5CN(C6C(C7CCCCC7)CCCC6C6CCCCC6)c6ccccc65)c4)cc32)s1. The monoisotopic (exact) mass is 762 g/mol. The maximum atomic E-state index is 6.79. The fourth-order valence-electron chi connectivity index (χ4n) is 11.4. The van der Waals surface area contributed by atoms with Gasteiger partial charge in [0.1, 0.15) is 11.5 Å². The highest BCUT2D eigenvalue weighted by Gasteiger charge is 2.46. The molecule has 2 aromatic heterocycles. The van der Waals surface area contributed by atoms with Crippen molar-refractivity contribution in [2.75, 3.05) is 16.5 Å². The van der Waals surface area contributed by atoms with E-state index in [9.17, 15) is 0 Å². The number of fused-ring (bicyclic) bond motifs is 4. The maximum absolute atomic E-state index is 6.79. The van der Waals surface area contributed by atoms with Crippen LogP contribution < -0.4 is 14.5 Å². The van der Waals surface area contributed by atoms with Gasteiger partial charge in [0.15, 0.2) is 5.13 Å². The second-order valence-electron chi connectivity index (χ2n) is 18.5. The minimum Gasteiger partial charge on any atom is -0.457 e. The number of benzene rings is 4. The molecule has 0 radical (unpaired) electrons. The summed E-state index contributed by atoms with van der Waals surface area (Å²) in [5.41, 5.74) is 6.30. The Hall–Kier alpha value is -4.29. The third-order valence-electron chi connectivity index (χ3n) is 14.0. The quantitative estimate of drug-likeness (QED) is 0.162. The van der Waals surface area contributed by atoms with Crippen molar-refractivity contribution in [3.63, 3.8) is 0 Å². The van der Waals surface area contributed by atoms with Crippen molar-refractivity contribution in [3.05, 3.63) is 102 Å². The summed E-state index contributed by atoms with van der Waals surface area (Å²) >= 11 is 1.78. The van der Waals surface area contributed by atoms with E-state index >= 15 is 0 Å². The molecule has 0 bridgehead atoms. The smallest absolute Gasteiger partial charge is 0.194 e. The molecule has 5 nitrogen and oxygen atoms in total. The molecule has 6 aromatic rings. The molecule has 4 aromatic carbocycles. The Labute approximate surface area is 337 Å². The average molecular weight is 763 g/mol. The van der Waals surface area contributed by atoms with Crippen LogP contribution in [0.25, 0.3) is 26.9 Å². The van der Waals surface area contributed by atoms with Gasteiger partial charge >= 0.3 is 0 Å². The molecule has 2 unspecified atom stereocenters. The molecule has 0 spiro atoms. The molecule has 3 saturated carbocycles. The van der Waals surface area contributed by atoms with Crippen LogP contribution in [0.1, 0.15) is 109 Å². The van der Waals surface area contributed by atoms with Crippen LogP contribution in [0.4, 0.5) is 17.1 Å². The van der Waals surface area contributed by atoms with Gasteiger partial charge in [-0.05, 0) is 84.4 Å². The zero-order valence-electron chi connectivity index (χ0n) is 33.6. The number of hydrogen-bond acceptors (Lipinski definition) is 5. The van der Waals surface area contributed by atoms with Gasteiger partial charge in [0.05, 0.1) is 29.1 Å². The van der Waals surface area contributed by atoms with Gasteiger partial charge in [-0.3, -0.25) is 4.57 Å². The van der Waals surface area contributed by atoms with Crippen molar-refractivity contribution in [2.24, 2.45) is 23.7 Å². The summed E-state index contributed by atoms with van der Waals surface area (Å²) in [6, 6.07) is 33.9. The normalized spacial score (nSPS) is 22.6. The Balaban J connectivity index is 0.977. The topological polar surface area (TPSA) is 33.5 Å². The first-order valence-corrected chi connectivity index (χ1v) is 22.6. The summed E-state index contributed by atoms with van der Waals surface area (Å²) in [4.78, 5) is 11.7. The fraction of sp³-hybridized carbons (Fsp3) is 0.460. The lowest BCUT2D eigenvalue weighted by atomic mass is 9.62. The molecule has 56 heavy (non-hydrogen) atoms. The van der Waals surface area contributed by atoms with E-state index in [1.165, 1.54) is 122 Å². The van der Waals surface area contributed by atoms with Crippen molar-refractivity contribution in [1.29, 1.82) is 0 Å². The minimum absolute atomic E-state index is 0.0471. The van der Waals surface area contributed by atoms with Crippen LogP contribution in [0.3, 0.4) is 0 Å². The van der Waals surface area contributed by atoms with Crippen LogP contribution in [-0.4, -0.2) is 22.3 Å². The van der Waals surface area contributed by atoms with Gasteiger partial charge in [0.2, 0.25) is 0 Å². The van der Waals surface area contributed by atoms with Gasteiger partial charge in [-0.15, -0.1) is 11.3 Å². The van der Waals surface area contributed by atoms with Crippen LogP contribution in [0.5, 0.6) is 11.5 Å². The molecule has 1 aliphatic heterocycles. The molecule has 0 saturated heterocycles. The van der Waals surface area contributed by atoms with E-state index in [1.54, 1.807) is 11.3 Å². The van der Waals surface area contributed by atoms with Crippen molar-refractivity contribution < 1.29 is 4.74 Å². The van der Waals surface area contributed by atoms with Gasteiger partial charge in [-0.1, -0.05) is 128 Å². The zero-order valence-corrected chi connectivity index (χ0v) is 34.4. The van der Waals surface area contributed by atoms with Gasteiger partial charge < -0.3 is 14.5 Å². The number of anilines is 3. The molecule has 0 amide bonds. The molecular formula is C50H58N4OS. The molecule has 4 aliphatic rings. The van der Waals surface area contributed by atoms with Crippen LogP contribution in [0, 0.1) is 23.7 Å². The summed E-state index contributed by atoms with van der Waals surface area (Å²) < 4.78 is 9.10. The average Bonchev–Trinajstić information content (AvgIpc) is 3.96. The van der Waals surface area contributed by atoms with E-state index in [0.29, 0.717) is 6.04 Å². The first-order chi connectivity index (χ1) is 27.4. The highest BCUT2D eigenvalue weighted by Crippen LogP contribution is 2.52. The standard InChI is InChI=1S/C50H58N4OS/c1-50(2,3)47-32-51-49(56-47)54-43-25-11-10-22-41(43)42-29-28-38(31-46(42)54)55-37-21-14-20-36(30-37)52-33-53(45-27-13-12-26-44(45)52)48-39(34-16-6-4-7-17-34)23-15-24-40(48)35-18-8-5-9-19-35/h10-14,20-22,25-32,34-35,39-40,48H,4-9,15-19,23-24,33H2,1-3H3. The molecule has 3 aliphatic carbocycles. The zero-order chi connectivity index (χ0) is 37.8. The van der Waals surface area contributed by atoms with Crippen LogP contribution in [0.15, 0.2) is 97.2 Å². The number of thiazole rings is 1. The third-order valence-corrected chi connectivity index (χ3v) is 15.4. The molecule has 10 rings (SSSR count). The predicted molar refractivity (Wildman–Crippen MR) is 235 cm³/mol. The lowest BCUT2D eigenvalue weighted by molar-refractivity contribution is 0.0797. The Morgan fingerprint density at radius 1 is 0.625 bits per heavy atom.